The number of carbonyl (C=O) groups excluding carboxylic acids is 2. The zero-order chi connectivity index (χ0) is 20.8. The van der Waals surface area contributed by atoms with Gasteiger partial charge in [-0.05, 0) is 42.5 Å². The molecular formula is C19H16Cl2N4O4. The van der Waals surface area contributed by atoms with Gasteiger partial charge in [-0.15, -0.1) is 0 Å². The van der Waals surface area contributed by atoms with Crippen molar-refractivity contribution in [3.05, 3.63) is 64.0 Å². The molecule has 29 heavy (non-hydrogen) atoms. The summed E-state index contributed by atoms with van der Waals surface area (Å²) in [5, 5.41) is 9.70. The Bertz CT molecular complexity index is 1020. The molecule has 10 heteroatoms. The van der Waals surface area contributed by atoms with Crippen molar-refractivity contribution in [1.82, 2.24) is 20.8 Å². The molecule has 0 bridgehead atoms. The molecule has 2 N–H and O–H groups in total. The molecule has 0 unspecified atom stereocenters. The van der Waals surface area contributed by atoms with Crippen LogP contribution in [-0.4, -0.2) is 42.2 Å². The van der Waals surface area contributed by atoms with Crippen molar-refractivity contribution in [1.29, 1.82) is 0 Å². The number of rotatable bonds is 7. The number of nitrogens with one attached hydrogen (secondary N) is 2. The second-order valence-electron chi connectivity index (χ2n) is 5.79. The van der Waals surface area contributed by atoms with Gasteiger partial charge in [-0.1, -0.05) is 28.4 Å². The van der Waals surface area contributed by atoms with Gasteiger partial charge in [0.15, 0.2) is 0 Å². The summed E-state index contributed by atoms with van der Waals surface area (Å²) in [4.78, 5) is 28.3. The van der Waals surface area contributed by atoms with Crippen molar-refractivity contribution < 1.29 is 18.8 Å². The third kappa shape index (κ3) is 5.24. The van der Waals surface area contributed by atoms with E-state index < -0.39 is 11.8 Å². The molecule has 1 heterocycles. The fourth-order valence-electron chi connectivity index (χ4n) is 2.37. The molecule has 3 rings (SSSR count). The summed E-state index contributed by atoms with van der Waals surface area (Å²) >= 11 is 11.8. The van der Waals surface area contributed by atoms with Crippen LogP contribution >= 0.6 is 23.2 Å². The molecule has 0 atom stereocenters. The van der Waals surface area contributed by atoms with Crippen molar-refractivity contribution in [3.63, 3.8) is 0 Å². The lowest BCUT2D eigenvalue weighted by Gasteiger charge is -2.07. The van der Waals surface area contributed by atoms with E-state index in [2.05, 4.69) is 20.8 Å². The van der Waals surface area contributed by atoms with Crippen molar-refractivity contribution in [3.8, 4) is 17.1 Å². The van der Waals surface area contributed by atoms with Crippen LogP contribution in [0.1, 0.15) is 21.0 Å². The molecule has 150 valence electrons. The molecule has 0 saturated carbocycles. The Morgan fingerprint density at radius 1 is 1.03 bits per heavy atom. The van der Waals surface area contributed by atoms with E-state index in [9.17, 15) is 9.59 Å². The number of carbonyl (C=O) groups is 2. The first kappa shape index (κ1) is 20.6. The predicted octanol–water partition coefficient (Wildman–Crippen LogP) is 3.21. The lowest BCUT2D eigenvalue weighted by Crippen LogP contribution is -2.34. The fraction of sp³-hybridized carbons (Fsp3) is 0.158. The second kappa shape index (κ2) is 9.40. The maximum atomic E-state index is 12.1. The van der Waals surface area contributed by atoms with Crippen LogP contribution < -0.4 is 15.4 Å². The van der Waals surface area contributed by atoms with Crippen LogP contribution in [0.2, 0.25) is 10.0 Å². The number of nitrogens with zero attached hydrogens (tertiary/aromatic N) is 2. The number of aromatic nitrogens is 2. The van der Waals surface area contributed by atoms with Gasteiger partial charge in [0.2, 0.25) is 5.82 Å². The van der Waals surface area contributed by atoms with E-state index in [1.165, 1.54) is 12.1 Å². The lowest BCUT2D eigenvalue weighted by atomic mass is 10.2. The summed E-state index contributed by atoms with van der Waals surface area (Å²) < 4.78 is 10.1. The minimum atomic E-state index is -0.549. The van der Waals surface area contributed by atoms with Gasteiger partial charge in [0.25, 0.3) is 5.91 Å². The standard InChI is InChI=1S/C19H16Cl2N4O4/c1-28-13-5-2-11(3-6-13)16-24-19(29-25-16)18(27)23-9-8-22-17(26)14-10-12(20)4-7-15(14)21/h2-7,10H,8-9H2,1H3,(H,22,26)(H,23,27). The third-order valence-electron chi connectivity index (χ3n) is 3.84. The molecule has 0 aliphatic heterocycles. The average molecular weight is 435 g/mol. The van der Waals surface area contributed by atoms with Gasteiger partial charge < -0.3 is 19.9 Å². The quantitative estimate of drug-likeness (QED) is 0.552. The highest BCUT2D eigenvalue weighted by molar-refractivity contribution is 6.35. The zero-order valence-electron chi connectivity index (χ0n) is 15.2. The van der Waals surface area contributed by atoms with Crippen LogP contribution in [0.25, 0.3) is 11.4 Å². The lowest BCUT2D eigenvalue weighted by molar-refractivity contribution is 0.0898. The van der Waals surface area contributed by atoms with E-state index in [4.69, 9.17) is 32.5 Å². The summed E-state index contributed by atoms with van der Waals surface area (Å²) in [5.74, 6) is -0.156. The normalized spacial score (nSPS) is 10.4. The molecule has 0 saturated heterocycles. The Kier molecular flexibility index (Phi) is 6.69. The summed E-state index contributed by atoms with van der Waals surface area (Å²) in [6, 6.07) is 11.6. The first-order valence-corrected chi connectivity index (χ1v) is 9.23. The summed E-state index contributed by atoms with van der Waals surface area (Å²) in [6.07, 6.45) is 0. The SMILES string of the molecule is COc1ccc(-c2noc(C(=O)NCCNC(=O)c3cc(Cl)ccc3Cl)n2)cc1. The largest absolute Gasteiger partial charge is 0.497 e. The molecule has 0 fully saturated rings. The van der Waals surface area contributed by atoms with Crippen molar-refractivity contribution >= 4 is 35.0 Å². The van der Waals surface area contributed by atoms with Crippen LogP contribution in [-0.2, 0) is 0 Å². The summed E-state index contributed by atoms with van der Waals surface area (Å²) in [7, 11) is 1.57. The zero-order valence-corrected chi connectivity index (χ0v) is 16.8. The van der Waals surface area contributed by atoms with E-state index in [1.54, 1.807) is 37.4 Å². The number of ether oxygens (including phenoxy) is 1. The number of halogens is 2. The maximum Gasteiger partial charge on any atom is 0.316 e. The van der Waals surface area contributed by atoms with Crippen LogP contribution in [0.15, 0.2) is 47.0 Å². The molecule has 1 aromatic heterocycles. The first-order chi connectivity index (χ1) is 14.0. The van der Waals surface area contributed by atoms with Crippen LogP contribution in [0.3, 0.4) is 0 Å². The Morgan fingerprint density at radius 3 is 2.41 bits per heavy atom. The topological polar surface area (TPSA) is 106 Å². The van der Waals surface area contributed by atoms with E-state index in [0.717, 1.165) is 0 Å². The van der Waals surface area contributed by atoms with Crippen LogP contribution in [0, 0.1) is 0 Å². The van der Waals surface area contributed by atoms with Crippen molar-refractivity contribution in [2.75, 3.05) is 20.2 Å². The highest BCUT2D eigenvalue weighted by Gasteiger charge is 2.16. The molecule has 2 aromatic carbocycles. The molecule has 0 radical (unpaired) electrons. The van der Waals surface area contributed by atoms with E-state index in [0.29, 0.717) is 16.3 Å². The highest BCUT2D eigenvalue weighted by Crippen LogP contribution is 2.21. The Labute approximate surface area is 176 Å². The minimum Gasteiger partial charge on any atom is -0.497 e. The molecule has 0 aliphatic rings. The van der Waals surface area contributed by atoms with E-state index >= 15 is 0 Å². The molecule has 0 aliphatic carbocycles. The van der Waals surface area contributed by atoms with Crippen molar-refractivity contribution in [2.45, 2.75) is 0 Å². The minimum absolute atomic E-state index is 0.156. The van der Waals surface area contributed by atoms with Crippen molar-refractivity contribution in [2.24, 2.45) is 0 Å². The molecular weight excluding hydrogens is 419 g/mol. The molecule has 3 aromatic rings. The van der Waals surface area contributed by atoms with Gasteiger partial charge in [0.1, 0.15) is 5.75 Å². The number of benzene rings is 2. The number of amides is 2. The van der Waals surface area contributed by atoms with Gasteiger partial charge in [0.05, 0.1) is 17.7 Å². The molecule has 8 nitrogen and oxygen atoms in total. The average Bonchev–Trinajstić information content (AvgIpc) is 3.23. The second-order valence-corrected chi connectivity index (χ2v) is 6.63. The summed E-state index contributed by atoms with van der Waals surface area (Å²) in [6.45, 7) is 0.329. The Balaban J connectivity index is 1.50. The highest BCUT2D eigenvalue weighted by atomic mass is 35.5. The molecule has 2 amide bonds. The first-order valence-electron chi connectivity index (χ1n) is 8.47. The predicted molar refractivity (Wildman–Crippen MR) is 107 cm³/mol. The Hall–Kier alpha value is -3.10. The smallest absolute Gasteiger partial charge is 0.316 e. The third-order valence-corrected chi connectivity index (χ3v) is 4.40. The monoisotopic (exact) mass is 434 g/mol. The number of hydrogen-bond acceptors (Lipinski definition) is 6. The number of methoxy groups -OCH3 is 1. The maximum absolute atomic E-state index is 12.1. The van der Waals surface area contributed by atoms with E-state index in [-0.39, 0.29) is 35.4 Å². The summed E-state index contributed by atoms with van der Waals surface area (Å²) in [5.41, 5.74) is 0.936. The fourth-order valence-corrected chi connectivity index (χ4v) is 2.74. The number of hydrogen-bond donors (Lipinski definition) is 2. The Morgan fingerprint density at radius 2 is 1.72 bits per heavy atom. The van der Waals surface area contributed by atoms with Gasteiger partial charge in [-0.3, -0.25) is 9.59 Å². The van der Waals surface area contributed by atoms with Gasteiger partial charge in [-0.25, -0.2) is 0 Å². The van der Waals surface area contributed by atoms with Gasteiger partial charge in [-0.2, -0.15) is 4.98 Å². The van der Waals surface area contributed by atoms with Crippen LogP contribution in [0.5, 0.6) is 5.75 Å². The van der Waals surface area contributed by atoms with Gasteiger partial charge in [0, 0.05) is 23.7 Å². The van der Waals surface area contributed by atoms with Crippen LogP contribution in [0.4, 0.5) is 0 Å². The van der Waals surface area contributed by atoms with E-state index in [1.807, 2.05) is 0 Å². The van der Waals surface area contributed by atoms with Gasteiger partial charge >= 0.3 is 11.8 Å². The molecule has 0 spiro atoms.